The van der Waals surface area contributed by atoms with E-state index in [1.165, 1.54) is 32.4 Å². The van der Waals surface area contributed by atoms with Crippen molar-refractivity contribution >= 4 is 11.5 Å². The van der Waals surface area contributed by atoms with Gasteiger partial charge in [0, 0.05) is 36.8 Å². The fraction of sp³-hybridized carbons (Fsp3) is 0.917. The summed E-state index contributed by atoms with van der Waals surface area (Å²) in [4.78, 5) is 15.4. The molecule has 0 radical (unpaired) electrons. The first-order valence-electron chi connectivity index (χ1n) is 11.9. The molecule has 5 rings (SSSR count). The third-order valence-electron chi connectivity index (χ3n) is 10.3. The summed E-state index contributed by atoms with van der Waals surface area (Å²) in [6.07, 6.45) is 9.76. The van der Waals surface area contributed by atoms with Gasteiger partial charge in [0.05, 0.1) is 11.8 Å². The average molecular weight is 403 g/mol. The molecule has 1 aliphatic heterocycles. The Bertz CT molecular complexity index is 702. The van der Waals surface area contributed by atoms with Gasteiger partial charge < -0.3 is 9.94 Å². The van der Waals surface area contributed by atoms with Crippen LogP contribution in [0.5, 0.6) is 0 Å². The van der Waals surface area contributed by atoms with E-state index in [4.69, 9.17) is 4.74 Å². The van der Waals surface area contributed by atoms with Gasteiger partial charge in [0.1, 0.15) is 5.78 Å². The lowest BCUT2D eigenvalue weighted by molar-refractivity contribution is -0.153. The summed E-state index contributed by atoms with van der Waals surface area (Å²) >= 11 is 0. The lowest BCUT2D eigenvalue weighted by Crippen LogP contribution is -2.63. The molecule has 5 heteroatoms. The van der Waals surface area contributed by atoms with Crippen LogP contribution in [-0.4, -0.2) is 53.9 Å². The molecule has 1 saturated heterocycles. The number of likely N-dealkylation sites (tertiary alicyclic amines) is 1. The Hall–Kier alpha value is -0.940. The van der Waals surface area contributed by atoms with Gasteiger partial charge in [-0.15, -0.1) is 0 Å². The summed E-state index contributed by atoms with van der Waals surface area (Å²) in [6, 6.07) is 0.512. The van der Waals surface area contributed by atoms with E-state index >= 15 is 0 Å². The first-order chi connectivity index (χ1) is 13.9. The Labute approximate surface area is 175 Å². The SMILES string of the molecule is COC1CC2CC(N3CCCC3)CC(=NO)[C@]2(C)[C@@H]2CC[C@]3(C)C(=O)CC[C@H]3[C@H]12. The van der Waals surface area contributed by atoms with Crippen LogP contribution in [0.4, 0.5) is 0 Å². The molecule has 5 aliphatic rings. The highest BCUT2D eigenvalue weighted by molar-refractivity contribution is 5.92. The lowest BCUT2D eigenvalue weighted by Gasteiger charge is -2.62. The Balaban J connectivity index is 1.50. The van der Waals surface area contributed by atoms with E-state index in [0.29, 0.717) is 35.5 Å². The van der Waals surface area contributed by atoms with Gasteiger partial charge in [-0.25, -0.2) is 0 Å². The van der Waals surface area contributed by atoms with E-state index in [2.05, 4.69) is 23.9 Å². The van der Waals surface area contributed by atoms with Gasteiger partial charge in [-0.2, -0.15) is 0 Å². The molecule has 0 bridgehead atoms. The summed E-state index contributed by atoms with van der Waals surface area (Å²) in [7, 11) is 1.87. The molecular formula is C24H38N2O3. The van der Waals surface area contributed by atoms with E-state index in [1.54, 1.807) is 0 Å². The predicted molar refractivity (Wildman–Crippen MR) is 112 cm³/mol. The monoisotopic (exact) mass is 402 g/mol. The zero-order valence-electron chi connectivity index (χ0n) is 18.4. The molecule has 4 saturated carbocycles. The molecule has 0 aromatic carbocycles. The van der Waals surface area contributed by atoms with Crippen LogP contribution in [0.1, 0.15) is 71.6 Å². The summed E-state index contributed by atoms with van der Waals surface area (Å²) in [5, 5.41) is 14.1. The molecule has 29 heavy (non-hydrogen) atoms. The maximum absolute atomic E-state index is 12.8. The summed E-state index contributed by atoms with van der Waals surface area (Å²) in [5.41, 5.74) is 0.810. The highest BCUT2D eigenvalue weighted by atomic mass is 16.5. The van der Waals surface area contributed by atoms with Crippen LogP contribution in [0.25, 0.3) is 0 Å². The highest BCUT2D eigenvalue weighted by Crippen LogP contribution is 2.65. The third kappa shape index (κ3) is 2.72. The Kier molecular flexibility index (Phi) is 4.86. The van der Waals surface area contributed by atoms with Crippen molar-refractivity contribution in [2.75, 3.05) is 20.2 Å². The third-order valence-corrected chi connectivity index (χ3v) is 10.3. The molecule has 1 N–H and O–H groups in total. The van der Waals surface area contributed by atoms with Crippen LogP contribution < -0.4 is 0 Å². The molecule has 162 valence electrons. The minimum Gasteiger partial charge on any atom is -0.411 e. The topological polar surface area (TPSA) is 62.1 Å². The molecule has 0 spiro atoms. The molecule has 3 unspecified atom stereocenters. The summed E-state index contributed by atoms with van der Waals surface area (Å²) in [6.45, 7) is 6.98. The second-order valence-electron chi connectivity index (χ2n) is 11.1. The van der Waals surface area contributed by atoms with Crippen LogP contribution in [0.3, 0.4) is 0 Å². The van der Waals surface area contributed by atoms with Crippen LogP contribution >= 0.6 is 0 Å². The van der Waals surface area contributed by atoms with Gasteiger partial charge >= 0.3 is 0 Å². The predicted octanol–water partition coefficient (Wildman–Crippen LogP) is 4.13. The molecule has 0 aromatic heterocycles. The van der Waals surface area contributed by atoms with Crippen molar-refractivity contribution in [3.05, 3.63) is 0 Å². The van der Waals surface area contributed by atoms with Crippen molar-refractivity contribution < 1.29 is 14.7 Å². The van der Waals surface area contributed by atoms with E-state index in [-0.39, 0.29) is 16.9 Å². The molecule has 4 aliphatic carbocycles. The first kappa shape index (κ1) is 20.0. The summed E-state index contributed by atoms with van der Waals surface area (Å²) < 4.78 is 6.15. The van der Waals surface area contributed by atoms with Gasteiger partial charge in [0.25, 0.3) is 0 Å². The zero-order chi connectivity index (χ0) is 20.4. The van der Waals surface area contributed by atoms with Gasteiger partial charge in [-0.05, 0) is 81.7 Å². The minimum atomic E-state index is -0.162. The average Bonchev–Trinajstić information content (AvgIpc) is 3.35. The number of carbonyl (C=O) groups excluding carboxylic acids is 1. The first-order valence-corrected chi connectivity index (χ1v) is 11.9. The van der Waals surface area contributed by atoms with Crippen LogP contribution in [-0.2, 0) is 9.53 Å². The molecule has 8 atom stereocenters. The maximum atomic E-state index is 12.8. The number of nitrogens with zero attached hydrogens (tertiary/aromatic N) is 2. The number of hydrogen-bond acceptors (Lipinski definition) is 5. The van der Waals surface area contributed by atoms with Gasteiger partial charge in [0.2, 0.25) is 0 Å². The van der Waals surface area contributed by atoms with Crippen molar-refractivity contribution in [2.45, 2.75) is 83.8 Å². The van der Waals surface area contributed by atoms with Crippen molar-refractivity contribution in [3.63, 3.8) is 0 Å². The summed E-state index contributed by atoms with van der Waals surface area (Å²) in [5.74, 6) is 2.26. The van der Waals surface area contributed by atoms with Gasteiger partial charge in [0.15, 0.2) is 0 Å². The van der Waals surface area contributed by atoms with E-state index in [1.807, 2.05) is 7.11 Å². The number of ether oxygens (including phenoxy) is 1. The normalized spacial score (nSPS) is 51.7. The van der Waals surface area contributed by atoms with E-state index < -0.39 is 0 Å². The molecule has 5 nitrogen and oxygen atoms in total. The van der Waals surface area contributed by atoms with E-state index in [9.17, 15) is 10.0 Å². The van der Waals surface area contributed by atoms with Gasteiger partial charge in [-0.1, -0.05) is 19.0 Å². The number of Topliss-reactive ketones (excluding diaryl/α,β-unsaturated/α-hetero) is 1. The number of oxime groups is 1. The van der Waals surface area contributed by atoms with Crippen molar-refractivity contribution in [2.24, 2.45) is 39.7 Å². The minimum absolute atomic E-state index is 0.0579. The van der Waals surface area contributed by atoms with E-state index in [0.717, 1.165) is 44.2 Å². The quantitative estimate of drug-likeness (QED) is 0.557. The smallest absolute Gasteiger partial charge is 0.139 e. The lowest BCUT2D eigenvalue weighted by atomic mass is 9.43. The highest BCUT2D eigenvalue weighted by Gasteiger charge is 2.64. The second-order valence-corrected chi connectivity index (χ2v) is 11.1. The molecule has 0 aromatic rings. The fourth-order valence-corrected chi connectivity index (χ4v) is 8.60. The van der Waals surface area contributed by atoms with Crippen molar-refractivity contribution in [3.8, 4) is 0 Å². The van der Waals surface area contributed by atoms with Gasteiger partial charge in [-0.3, -0.25) is 9.69 Å². The number of methoxy groups -OCH3 is 1. The number of rotatable bonds is 2. The molecule has 5 fully saturated rings. The Morgan fingerprint density at radius 1 is 1.14 bits per heavy atom. The second kappa shape index (κ2) is 7.05. The standard InChI is InChI=1S/C24H38N2O3/c1-23-9-8-18-22(17(23)6-7-21(23)27)19(29-3)13-15-12-16(26-10-4-5-11-26)14-20(25-28)24(15,18)2/h15-19,22,28H,4-14H2,1-3H3/t15?,16?,17-,18+,19?,22-,23-,24-/m0/s1. The number of fused-ring (bicyclic) bond motifs is 5. The van der Waals surface area contributed by atoms with Crippen molar-refractivity contribution in [1.82, 2.24) is 4.90 Å². The largest absolute Gasteiger partial charge is 0.411 e. The van der Waals surface area contributed by atoms with Crippen LogP contribution in [0.2, 0.25) is 0 Å². The number of carbonyl (C=O) groups is 1. The van der Waals surface area contributed by atoms with Crippen LogP contribution in [0.15, 0.2) is 5.16 Å². The molecule has 1 heterocycles. The molecular weight excluding hydrogens is 364 g/mol. The number of ketones is 1. The Morgan fingerprint density at radius 2 is 1.90 bits per heavy atom. The Morgan fingerprint density at radius 3 is 2.59 bits per heavy atom. The van der Waals surface area contributed by atoms with Crippen molar-refractivity contribution in [1.29, 1.82) is 0 Å². The fourth-order valence-electron chi connectivity index (χ4n) is 8.60. The number of hydrogen-bond donors (Lipinski definition) is 1. The zero-order valence-corrected chi connectivity index (χ0v) is 18.4. The van der Waals surface area contributed by atoms with Crippen LogP contribution in [0, 0.1) is 34.5 Å². The molecule has 0 amide bonds. The maximum Gasteiger partial charge on any atom is 0.139 e.